The van der Waals surface area contributed by atoms with Crippen molar-refractivity contribution in [3.63, 3.8) is 0 Å². The molecule has 0 aliphatic heterocycles. The van der Waals surface area contributed by atoms with Crippen molar-refractivity contribution in [3.8, 4) is 11.5 Å². The van der Waals surface area contributed by atoms with Gasteiger partial charge >= 0.3 is 6.18 Å². The molecule has 6 heteroatoms. The van der Waals surface area contributed by atoms with Gasteiger partial charge in [0.25, 0.3) is 0 Å². The number of oxazole rings is 1. The van der Waals surface area contributed by atoms with Crippen LogP contribution in [0.5, 0.6) is 0 Å². The van der Waals surface area contributed by atoms with Gasteiger partial charge in [-0.2, -0.15) is 25.3 Å². The van der Waals surface area contributed by atoms with Gasteiger partial charge in [0.05, 0.1) is 5.56 Å². The minimum Gasteiger partial charge on any atom is -0.500 e. The first kappa shape index (κ1) is 15.2. The van der Waals surface area contributed by atoms with E-state index < -0.39 is 11.7 Å². The summed E-state index contributed by atoms with van der Waals surface area (Å²) < 4.78 is 44.1. The monoisotopic (exact) mass is 351 g/mol. The quantitative estimate of drug-likeness (QED) is 0.611. The molecular formula is C14H7F3NOY-. The molecule has 0 atom stereocenters. The zero-order chi connectivity index (χ0) is 13.5. The Morgan fingerprint density at radius 1 is 1.10 bits per heavy atom. The van der Waals surface area contributed by atoms with Crippen LogP contribution in [0, 0.1) is 6.07 Å². The van der Waals surface area contributed by atoms with Crippen molar-refractivity contribution in [3.05, 3.63) is 54.1 Å². The van der Waals surface area contributed by atoms with E-state index in [9.17, 15) is 13.2 Å². The molecular weight excluding hydrogens is 344 g/mol. The van der Waals surface area contributed by atoms with Crippen LogP contribution in [-0.4, -0.2) is 4.98 Å². The van der Waals surface area contributed by atoms with Crippen LogP contribution in [0.3, 0.4) is 0 Å². The van der Waals surface area contributed by atoms with Gasteiger partial charge in [0.15, 0.2) is 0 Å². The SMILES string of the molecule is FC(F)(F)c1ccccc1-c1nc2cc[c-]cc2o1.[Y]. The van der Waals surface area contributed by atoms with Gasteiger partial charge in [-0.05, 0) is 12.1 Å². The van der Waals surface area contributed by atoms with Gasteiger partial charge in [-0.3, -0.25) is 0 Å². The summed E-state index contributed by atoms with van der Waals surface area (Å²) in [5, 5.41) is 0. The summed E-state index contributed by atoms with van der Waals surface area (Å²) in [6.07, 6.45) is -4.44. The summed E-state index contributed by atoms with van der Waals surface area (Å²) in [5.41, 5.74) is 0.0944. The smallest absolute Gasteiger partial charge is 0.417 e. The average molecular weight is 351 g/mol. The third-order valence-corrected chi connectivity index (χ3v) is 2.70. The van der Waals surface area contributed by atoms with E-state index in [1.54, 1.807) is 18.2 Å². The molecule has 0 aliphatic rings. The number of benzene rings is 2. The predicted octanol–water partition coefficient (Wildman–Crippen LogP) is 4.31. The van der Waals surface area contributed by atoms with Crippen LogP contribution in [0.2, 0.25) is 0 Å². The second-order valence-corrected chi connectivity index (χ2v) is 3.96. The van der Waals surface area contributed by atoms with Crippen LogP contribution in [0.4, 0.5) is 13.2 Å². The summed E-state index contributed by atoms with van der Waals surface area (Å²) in [6, 6.07) is 12.8. The third kappa shape index (κ3) is 2.79. The maximum Gasteiger partial charge on any atom is 0.417 e. The van der Waals surface area contributed by atoms with Crippen LogP contribution in [0.15, 0.2) is 46.9 Å². The van der Waals surface area contributed by atoms with Crippen LogP contribution in [0.25, 0.3) is 22.6 Å². The summed E-state index contributed by atoms with van der Waals surface area (Å²) in [7, 11) is 0. The minimum atomic E-state index is -4.44. The zero-order valence-corrected chi connectivity index (χ0v) is 12.9. The second kappa shape index (κ2) is 5.66. The van der Waals surface area contributed by atoms with Gasteiger partial charge in [0, 0.05) is 49.4 Å². The molecule has 0 amide bonds. The standard InChI is InChI=1S/C14H7F3NO.Y/c15-14(16,17)10-6-2-1-5-9(10)13-18-11-7-3-4-8-12(11)19-13;/h1-3,5-8H;/q-1;. The molecule has 3 aromatic rings. The van der Waals surface area contributed by atoms with E-state index in [0.29, 0.717) is 11.1 Å². The number of nitrogens with zero attached hydrogens (tertiary/aromatic N) is 1. The van der Waals surface area contributed by atoms with Gasteiger partial charge in [-0.1, -0.05) is 12.1 Å². The first-order valence-corrected chi connectivity index (χ1v) is 5.49. The van der Waals surface area contributed by atoms with Crippen LogP contribution >= 0.6 is 0 Å². The Hall–Kier alpha value is -1.20. The Morgan fingerprint density at radius 3 is 2.55 bits per heavy atom. The maximum absolute atomic E-state index is 12.9. The fourth-order valence-electron chi connectivity index (χ4n) is 1.85. The zero-order valence-electron chi connectivity index (χ0n) is 10.1. The molecule has 2 nitrogen and oxygen atoms in total. The fourth-order valence-corrected chi connectivity index (χ4v) is 1.85. The van der Waals surface area contributed by atoms with Crippen LogP contribution in [0.1, 0.15) is 5.56 Å². The van der Waals surface area contributed by atoms with Crippen molar-refractivity contribution in [1.29, 1.82) is 0 Å². The van der Waals surface area contributed by atoms with Crippen molar-refractivity contribution < 1.29 is 50.3 Å². The Kier molecular flexibility index (Phi) is 4.30. The van der Waals surface area contributed by atoms with Crippen LogP contribution < -0.4 is 0 Å². The van der Waals surface area contributed by atoms with Crippen molar-refractivity contribution in [1.82, 2.24) is 4.98 Å². The number of alkyl halides is 3. The molecule has 1 aromatic heterocycles. The fraction of sp³-hybridized carbons (Fsp3) is 0.0714. The first-order valence-electron chi connectivity index (χ1n) is 5.49. The van der Waals surface area contributed by atoms with Gasteiger partial charge in [-0.15, -0.1) is 12.1 Å². The molecule has 0 saturated heterocycles. The van der Waals surface area contributed by atoms with Gasteiger partial charge in [-0.25, -0.2) is 4.98 Å². The molecule has 2 aromatic carbocycles. The Balaban J connectivity index is 0.00000147. The van der Waals surface area contributed by atoms with E-state index >= 15 is 0 Å². The van der Waals surface area contributed by atoms with Crippen molar-refractivity contribution in [2.75, 3.05) is 0 Å². The van der Waals surface area contributed by atoms with Gasteiger partial charge in [0.1, 0.15) is 0 Å². The Labute approximate surface area is 137 Å². The van der Waals surface area contributed by atoms with E-state index in [-0.39, 0.29) is 44.2 Å². The van der Waals surface area contributed by atoms with E-state index in [2.05, 4.69) is 11.1 Å². The molecule has 1 radical (unpaired) electrons. The molecule has 99 valence electrons. The topological polar surface area (TPSA) is 26.0 Å². The molecule has 3 rings (SSSR count). The van der Waals surface area contributed by atoms with E-state index in [1.165, 1.54) is 18.2 Å². The number of halogens is 3. The van der Waals surface area contributed by atoms with E-state index in [1.807, 2.05) is 0 Å². The first-order chi connectivity index (χ1) is 9.05. The molecule has 0 fully saturated rings. The molecule has 0 saturated carbocycles. The van der Waals surface area contributed by atoms with Gasteiger partial charge in [0.2, 0.25) is 5.89 Å². The van der Waals surface area contributed by atoms with E-state index in [4.69, 9.17) is 4.42 Å². The second-order valence-electron chi connectivity index (χ2n) is 3.96. The molecule has 0 N–H and O–H groups in total. The number of rotatable bonds is 1. The number of hydrogen-bond acceptors (Lipinski definition) is 2. The molecule has 1 heterocycles. The largest absolute Gasteiger partial charge is 0.500 e. The van der Waals surface area contributed by atoms with Crippen molar-refractivity contribution >= 4 is 11.1 Å². The molecule has 0 aliphatic carbocycles. The summed E-state index contributed by atoms with van der Waals surface area (Å²) in [6.45, 7) is 0. The number of aromatic nitrogens is 1. The Morgan fingerprint density at radius 2 is 1.85 bits per heavy atom. The summed E-state index contributed by atoms with van der Waals surface area (Å²) in [4.78, 5) is 4.07. The average Bonchev–Trinajstić information content (AvgIpc) is 2.81. The van der Waals surface area contributed by atoms with Crippen LogP contribution in [-0.2, 0) is 38.9 Å². The Bertz CT molecular complexity index is 703. The minimum absolute atomic E-state index is 0. The van der Waals surface area contributed by atoms with E-state index in [0.717, 1.165) is 6.07 Å². The number of fused-ring (bicyclic) bond motifs is 1. The molecule has 0 spiro atoms. The normalized spacial score (nSPS) is 11.3. The summed E-state index contributed by atoms with van der Waals surface area (Å²) >= 11 is 0. The maximum atomic E-state index is 12.9. The predicted molar refractivity (Wildman–Crippen MR) is 63.3 cm³/mol. The number of hydrogen-bond donors (Lipinski definition) is 0. The molecule has 20 heavy (non-hydrogen) atoms. The molecule has 0 unspecified atom stereocenters. The van der Waals surface area contributed by atoms with Crippen molar-refractivity contribution in [2.24, 2.45) is 0 Å². The third-order valence-electron chi connectivity index (χ3n) is 2.70. The summed E-state index contributed by atoms with van der Waals surface area (Å²) in [5.74, 6) is -0.0393. The van der Waals surface area contributed by atoms with Crippen molar-refractivity contribution in [2.45, 2.75) is 6.18 Å². The van der Waals surface area contributed by atoms with Gasteiger partial charge < -0.3 is 4.42 Å². The molecule has 0 bridgehead atoms.